The van der Waals surface area contributed by atoms with Gasteiger partial charge in [0.2, 0.25) is 0 Å². The van der Waals surface area contributed by atoms with E-state index in [0.717, 1.165) is 73.3 Å². The van der Waals surface area contributed by atoms with Crippen LogP contribution in [0, 0.1) is 0 Å². The molecule has 64 heavy (non-hydrogen) atoms. The van der Waals surface area contributed by atoms with Gasteiger partial charge in [0.25, 0.3) is 0 Å². The van der Waals surface area contributed by atoms with Gasteiger partial charge in [-0.15, -0.1) is 0 Å². The van der Waals surface area contributed by atoms with Gasteiger partial charge in [0, 0.05) is 0 Å². The second-order valence-electron chi connectivity index (χ2n) is 20.6. The maximum absolute atomic E-state index is 7.06. The Hall–Kier alpha value is -4.08. The van der Waals surface area contributed by atoms with Crippen LogP contribution in [0.15, 0.2) is 148 Å². The predicted molar refractivity (Wildman–Crippen MR) is 272 cm³/mol. The number of benzene rings is 6. The summed E-state index contributed by atoms with van der Waals surface area (Å²) in [6.07, 6.45) is 0. The van der Waals surface area contributed by atoms with Crippen LogP contribution in [0.25, 0.3) is 0 Å². The molecule has 0 unspecified atom stereocenters. The van der Waals surface area contributed by atoms with Crippen LogP contribution in [-0.2, 0) is 34.9 Å². The summed E-state index contributed by atoms with van der Waals surface area (Å²) in [5, 5.41) is 0. The van der Waals surface area contributed by atoms with Gasteiger partial charge in [-0.05, 0) is 104 Å². The minimum Gasteiger partial charge on any atom is -0.494 e. The zero-order valence-corrected chi connectivity index (χ0v) is 43.3. The van der Waals surface area contributed by atoms with Crippen LogP contribution >= 0.6 is 47.0 Å². The summed E-state index contributed by atoms with van der Waals surface area (Å²) in [6, 6.07) is 39.4. The Morgan fingerprint density at radius 1 is 0.328 bits per heavy atom. The minimum atomic E-state index is -0.149. The molecule has 8 heteroatoms. The van der Waals surface area contributed by atoms with Crippen LogP contribution in [0.1, 0.15) is 116 Å². The molecule has 6 aromatic carbocycles. The Morgan fingerprint density at radius 3 is 0.750 bits per heavy atom. The lowest BCUT2D eigenvalue weighted by Gasteiger charge is -2.28. The van der Waals surface area contributed by atoms with Gasteiger partial charge >= 0.3 is 0 Å². The number of fused-ring (bicyclic) bond motifs is 8. The molecule has 0 aromatic heterocycles. The van der Waals surface area contributed by atoms with Gasteiger partial charge in [-0.25, -0.2) is 0 Å². The van der Waals surface area contributed by atoms with Gasteiger partial charge in [0.15, 0.2) is 0 Å². The molecule has 0 spiro atoms. The van der Waals surface area contributed by atoms with Crippen LogP contribution < -0.4 is 18.9 Å². The highest BCUT2D eigenvalue weighted by molar-refractivity contribution is 8.01. The number of hydrogen-bond acceptors (Lipinski definition) is 8. The average molecular weight is 929 g/mol. The highest BCUT2D eigenvalue weighted by Gasteiger charge is 2.30. The van der Waals surface area contributed by atoms with Crippen molar-refractivity contribution in [1.29, 1.82) is 0 Å². The van der Waals surface area contributed by atoms with Crippen LogP contribution in [0.2, 0.25) is 0 Å². The molecule has 0 radical (unpaired) electrons. The third-order valence-electron chi connectivity index (χ3n) is 11.3. The molecule has 1 aliphatic heterocycles. The third-order valence-corrected chi connectivity index (χ3v) is 15.5. The van der Waals surface area contributed by atoms with Gasteiger partial charge in [0.05, 0.1) is 53.4 Å². The van der Waals surface area contributed by atoms with Crippen LogP contribution in [-0.4, -0.2) is 14.2 Å². The number of hydrogen-bond donors (Lipinski definition) is 0. The van der Waals surface area contributed by atoms with Gasteiger partial charge in [-0.3, -0.25) is 0 Å². The SMILES string of the molecule is COc1c2cc(C(C)(C)C)cc1Sc1cc(C(C)(C)C)cc(c1OCc1ccccc1)Sc1cc(C(C)(C)C)cc(c1OC)Sc1cc(C(C)(C)C)cc(c1OCc1ccccc1)S2. The van der Waals surface area contributed by atoms with Crippen LogP contribution in [0.5, 0.6) is 23.0 Å². The van der Waals surface area contributed by atoms with Crippen molar-refractivity contribution in [3.8, 4) is 23.0 Å². The number of methoxy groups -OCH3 is 2. The summed E-state index contributed by atoms with van der Waals surface area (Å²) in [5.74, 6) is 3.33. The van der Waals surface area contributed by atoms with E-state index in [4.69, 9.17) is 18.9 Å². The van der Waals surface area contributed by atoms with Crippen molar-refractivity contribution in [3.63, 3.8) is 0 Å². The lowest BCUT2D eigenvalue weighted by molar-refractivity contribution is 0.290. The highest BCUT2D eigenvalue weighted by atomic mass is 32.2. The Balaban J connectivity index is 1.59. The second kappa shape index (κ2) is 19.0. The molecule has 1 aliphatic rings. The lowest BCUT2D eigenvalue weighted by atomic mass is 9.87. The zero-order chi connectivity index (χ0) is 46.2. The van der Waals surface area contributed by atoms with E-state index in [9.17, 15) is 0 Å². The van der Waals surface area contributed by atoms with E-state index in [-0.39, 0.29) is 21.7 Å². The maximum atomic E-state index is 7.06. The first-order chi connectivity index (χ1) is 30.1. The lowest BCUT2D eigenvalue weighted by Crippen LogP contribution is -2.13. The van der Waals surface area contributed by atoms with Crippen molar-refractivity contribution in [2.75, 3.05) is 14.2 Å². The molecule has 0 saturated carbocycles. The number of ether oxygens (including phenoxy) is 4. The molecule has 1 heterocycles. The first kappa shape index (κ1) is 47.9. The van der Waals surface area contributed by atoms with Crippen molar-refractivity contribution in [1.82, 2.24) is 0 Å². The molecule has 8 bridgehead atoms. The summed E-state index contributed by atoms with van der Waals surface area (Å²) in [5.41, 5.74) is 6.49. The summed E-state index contributed by atoms with van der Waals surface area (Å²) >= 11 is 6.87. The fourth-order valence-electron chi connectivity index (χ4n) is 7.27. The Labute approximate surface area is 400 Å². The molecular formula is C56H64O4S4. The van der Waals surface area contributed by atoms with Gasteiger partial charge < -0.3 is 18.9 Å². The van der Waals surface area contributed by atoms with Gasteiger partial charge in [-0.2, -0.15) is 0 Å². The molecular weight excluding hydrogens is 865 g/mol. The van der Waals surface area contributed by atoms with E-state index < -0.39 is 0 Å². The molecule has 0 atom stereocenters. The molecule has 336 valence electrons. The van der Waals surface area contributed by atoms with Crippen LogP contribution in [0.3, 0.4) is 0 Å². The first-order valence-corrected chi connectivity index (χ1v) is 25.3. The van der Waals surface area contributed by atoms with E-state index in [1.165, 1.54) is 22.3 Å². The van der Waals surface area contributed by atoms with E-state index in [0.29, 0.717) is 13.2 Å². The summed E-state index contributed by atoms with van der Waals surface area (Å²) < 4.78 is 27.2. The third kappa shape index (κ3) is 11.1. The molecule has 0 aliphatic carbocycles. The molecule has 7 rings (SSSR count). The van der Waals surface area contributed by atoms with Crippen molar-refractivity contribution < 1.29 is 18.9 Å². The topological polar surface area (TPSA) is 36.9 Å². The van der Waals surface area contributed by atoms with E-state index in [2.05, 4.69) is 180 Å². The monoisotopic (exact) mass is 928 g/mol. The number of rotatable bonds is 8. The smallest absolute Gasteiger partial charge is 0.147 e. The minimum absolute atomic E-state index is 0.149. The fraction of sp³-hybridized carbons (Fsp3) is 0.357. The van der Waals surface area contributed by atoms with E-state index in [1.54, 1.807) is 61.3 Å². The molecule has 0 amide bonds. The zero-order valence-electron chi connectivity index (χ0n) is 40.1. The van der Waals surface area contributed by atoms with Crippen molar-refractivity contribution >= 4 is 47.0 Å². The fourth-order valence-corrected chi connectivity index (χ4v) is 12.1. The van der Waals surface area contributed by atoms with Gasteiger partial charge in [0.1, 0.15) is 36.2 Å². The highest BCUT2D eigenvalue weighted by Crippen LogP contribution is 2.56. The summed E-state index contributed by atoms with van der Waals surface area (Å²) in [7, 11) is 3.59. The second-order valence-corrected chi connectivity index (χ2v) is 24.9. The van der Waals surface area contributed by atoms with E-state index in [1.807, 2.05) is 12.1 Å². The van der Waals surface area contributed by atoms with Gasteiger partial charge in [-0.1, -0.05) is 191 Å². The molecule has 0 saturated heterocycles. The largest absolute Gasteiger partial charge is 0.494 e. The first-order valence-electron chi connectivity index (χ1n) is 22.0. The van der Waals surface area contributed by atoms with Crippen molar-refractivity contribution in [2.45, 2.75) is 157 Å². The average Bonchev–Trinajstić information content (AvgIpc) is 3.22. The standard InChI is InChI=1S/C56H64O4S4/c1-53(2,3)37-25-41-49(57-13)42(26-37)62-46-30-40(56(10,11)12)32-48(52(46)60-34-36-23-19-16-20-24-36)64-44-28-38(54(4,5)6)27-43(50(44)58-14)63-47-31-39(55(7,8)9)29-45(61-41)51(47)59-33-35-21-17-15-18-22-35/h15-32H,33-34H2,1-14H3. The summed E-state index contributed by atoms with van der Waals surface area (Å²) in [6.45, 7) is 28.2. The summed E-state index contributed by atoms with van der Waals surface area (Å²) in [4.78, 5) is 8.23. The molecule has 6 aromatic rings. The van der Waals surface area contributed by atoms with Crippen LogP contribution in [0.4, 0.5) is 0 Å². The molecule has 4 nitrogen and oxygen atoms in total. The van der Waals surface area contributed by atoms with Crippen molar-refractivity contribution in [3.05, 3.63) is 143 Å². The Bertz CT molecular complexity index is 2330. The Morgan fingerprint density at radius 2 is 0.547 bits per heavy atom. The molecule has 0 fully saturated rings. The maximum Gasteiger partial charge on any atom is 0.147 e. The van der Waals surface area contributed by atoms with Crippen molar-refractivity contribution in [2.24, 2.45) is 0 Å². The predicted octanol–water partition coefficient (Wildman–Crippen LogP) is 17.0. The molecule has 0 N–H and O–H groups in total. The normalized spacial score (nSPS) is 13.3. The quantitative estimate of drug-likeness (QED) is 0.149. The Kier molecular flexibility index (Phi) is 14.2. The van der Waals surface area contributed by atoms with E-state index >= 15 is 0 Å².